The number of esters is 1. The van der Waals surface area contributed by atoms with Gasteiger partial charge in [0.25, 0.3) is 0 Å². The maximum atomic E-state index is 12.5. The second-order valence-corrected chi connectivity index (χ2v) is 7.52. The smallest absolute Gasteiger partial charge is 0.343 e. The zero-order valence-corrected chi connectivity index (χ0v) is 15.9. The summed E-state index contributed by atoms with van der Waals surface area (Å²) in [6.45, 7) is 3.91. The van der Waals surface area contributed by atoms with Crippen LogP contribution in [0, 0.1) is 5.92 Å². The molecule has 25 heavy (non-hydrogen) atoms. The lowest BCUT2D eigenvalue weighted by atomic mass is 9.87. The molecular formula is C16H17BrClN3O4. The first-order chi connectivity index (χ1) is 12.0. The molecule has 9 heteroatoms. The van der Waals surface area contributed by atoms with Gasteiger partial charge >= 0.3 is 5.97 Å². The largest absolute Gasteiger partial charge is 0.462 e. The highest BCUT2D eigenvalue weighted by Gasteiger charge is 2.46. The predicted octanol–water partition coefficient (Wildman–Crippen LogP) is 2.09. The molecule has 1 fully saturated rings. The van der Waals surface area contributed by atoms with Gasteiger partial charge in [-0.15, -0.1) is 0 Å². The molecule has 1 aromatic rings. The van der Waals surface area contributed by atoms with Gasteiger partial charge in [-0.05, 0) is 22.9 Å². The molecule has 0 N–H and O–H groups in total. The van der Waals surface area contributed by atoms with E-state index in [0.717, 1.165) is 5.69 Å². The number of Topliss-reactive ketones (excluding diaryl/α,β-unsaturated/α-hetero) is 1. The Kier molecular flexibility index (Phi) is 4.37. The van der Waals surface area contributed by atoms with Gasteiger partial charge in [0.05, 0.1) is 49.2 Å². The van der Waals surface area contributed by atoms with Gasteiger partial charge in [0.2, 0.25) is 0 Å². The van der Waals surface area contributed by atoms with Crippen LogP contribution in [0.15, 0.2) is 16.4 Å². The highest BCUT2D eigenvalue weighted by Crippen LogP contribution is 2.44. The van der Waals surface area contributed by atoms with Gasteiger partial charge in [-0.2, -0.15) is 5.10 Å². The average Bonchev–Trinajstić information content (AvgIpc) is 2.80. The summed E-state index contributed by atoms with van der Waals surface area (Å²) in [6.07, 6.45) is 1.82. The quantitative estimate of drug-likeness (QED) is 0.540. The summed E-state index contributed by atoms with van der Waals surface area (Å²) in [5.41, 5.74) is 0.907. The maximum Gasteiger partial charge on any atom is 0.343 e. The van der Waals surface area contributed by atoms with E-state index in [2.05, 4.69) is 25.9 Å². The average molecular weight is 431 g/mol. The molecule has 2 atom stereocenters. The van der Waals surface area contributed by atoms with E-state index in [4.69, 9.17) is 21.1 Å². The van der Waals surface area contributed by atoms with Gasteiger partial charge < -0.3 is 14.4 Å². The summed E-state index contributed by atoms with van der Waals surface area (Å²) < 4.78 is 12.8. The molecule has 3 aliphatic heterocycles. The van der Waals surface area contributed by atoms with E-state index in [1.54, 1.807) is 13.1 Å². The lowest BCUT2D eigenvalue weighted by Crippen LogP contribution is -2.54. The molecule has 0 amide bonds. The Hall–Kier alpha value is -1.38. The van der Waals surface area contributed by atoms with Gasteiger partial charge in [-0.1, -0.05) is 11.6 Å². The Bertz CT molecular complexity index is 774. The Labute approximate surface area is 158 Å². The van der Waals surface area contributed by atoms with Gasteiger partial charge in [0.15, 0.2) is 5.78 Å². The highest BCUT2D eigenvalue weighted by molar-refractivity contribution is 9.10. The standard InChI is InChI=1S/C16H17BrClN3O4/c1-2-25-16(23)9-4-20-10(3-12(9)22)14-13(18)15(17)19-21(14)5-11(20)8-6-24-7-8/h4,8,10-11H,2-3,5-7H2,1H3. The molecule has 4 rings (SSSR count). The lowest BCUT2D eigenvalue weighted by Gasteiger charge is -2.48. The monoisotopic (exact) mass is 429 g/mol. The van der Waals surface area contributed by atoms with Crippen molar-refractivity contribution in [2.24, 2.45) is 5.92 Å². The summed E-state index contributed by atoms with van der Waals surface area (Å²) in [5, 5.41) is 4.96. The number of carbonyl (C=O) groups excluding carboxylic acids is 2. The van der Waals surface area contributed by atoms with Crippen molar-refractivity contribution in [2.75, 3.05) is 19.8 Å². The SMILES string of the molecule is CCOC(=O)C1=CN2C(CC1=O)c1c(Cl)c(Br)nn1CC2C1COC1. The van der Waals surface area contributed by atoms with Crippen LogP contribution in [0.2, 0.25) is 5.02 Å². The van der Waals surface area contributed by atoms with Crippen LogP contribution in [0.5, 0.6) is 0 Å². The Morgan fingerprint density at radius 3 is 2.92 bits per heavy atom. The maximum absolute atomic E-state index is 12.5. The lowest BCUT2D eigenvalue weighted by molar-refractivity contribution is -0.141. The third-order valence-electron chi connectivity index (χ3n) is 4.97. The van der Waals surface area contributed by atoms with Gasteiger partial charge in [-0.25, -0.2) is 4.79 Å². The van der Waals surface area contributed by atoms with Crippen LogP contribution in [0.25, 0.3) is 0 Å². The Balaban J connectivity index is 1.77. The third kappa shape index (κ3) is 2.71. The van der Waals surface area contributed by atoms with E-state index in [1.165, 1.54) is 0 Å². The van der Waals surface area contributed by atoms with Crippen LogP contribution in [0.3, 0.4) is 0 Å². The number of nitrogens with zero attached hydrogens (tertiary/aromatic N) is 3. The molecule has 0 spiro atoms. The van der Waals surface area contributed by atoms with E-state index in [0.29, 0.717) is 35.3 Å². The van der Waals surface area contributed by atoms with Gasteiger partial charge in [-0.3, -0.25) is 9.48 Å². The number of carbonyl (C=O) groups is 2. The molecule has 0 radical (unpaired) electrons. The van der Waals surface area contributed by atoms with Crippen LogP contribution in [-0.2, 0) is 25.6 Å². The molecule has 0 aliphatic carbocycles. The third-order valence-corrected chi connectivity index (χ3v) is 6.13. The Morgan fingerprint density at radius 2 is 2.28 bits per heavy atom. The van der Waals surface area contributed by atoms with Crippen LogP contribution in [0.1, 0.15) is 25.1 Å². The summed E-state index contributed by atoms with van der Waals surface area (Å²) in [7, 11) is 0. The molecule has 1 aromatic heterocycles. The molecule has 0 saturated carbocycles. The fraction of sp³-hybridized carbons (Fsp3) is 0.562. The van der Waals surface area contributed by atoms with Crippen molar-refractivity contribution in [1.82, 2.24) is 14.7 Å². The molecule has 0 aromatic carbocycles. The van der Waals surface area contributed by atoms with Crippen LogP contribution < -0.4 is 0 Å². The van der Waals surface area contributed by atoms with E-state index in [-0.39, 0.29) is 36.5 Å². The number of ether oxygens (including phenoxy) is 2. The number of hydrogen-bond acceptors (Lipinski definition) is 6. The summed E-state index contributed by atoms with van der Waals surface area (Å²) >= 11 is 9.78. The molecular weight excluding hydrogens is 414 g/mol. The molecule has 7 nitrogen and oxygen atoms in total. The number of aromatic nitrogens is 2. The normalized spacial score (nSPS) is 25.8. The topological polar surface area (TPSA) is 73.7 Å². The van der Waals surface area contributed by atoms with E-state index in [1.807, 2.05) is 4.68 Å². The molecule has 2 unspecified atom stereocenters. The number of fused-ring (bicyclic) bond motifs is 3. The first kappa shape index (κ1) is 17.1. The second kappa shape index (κ2) is 6.41. The van der Waals surface area contributed by atoms with Crippen molar-refractivity contribution in [3.63, 3.8) is 0 Å². The minimum atomic E-state index is -0.569. The second-order valence-electron chi connectivity index (χ2n) is 6.39. The minimum absolute atomic E-state index is 0.0895. The molecule has 3 aliphatic rings. The van der Waals surface area contributed by atoms with Crippen molar-refractivity contribution in [2.45, 2.75) is 32.0 Å². The fourth-order valence-electron chi connectivity index (χ4n) is 3.66. The number of hydrogen-bond donors (Lipinski definition) is 0. The van der Waals surface area contributed by atoms with Crippen molar-refractivity contribution in [1.29, 1.82) is 0 Å². The van der Waals surface area contributed by atoms with Crippen LogP contribution in [0.4, 0.5) is 0 Å². The first-order valence-corrected chi connectivity index (χ1v) is 9.37. The van der Waals surface area contributed by atoms with Crippen molar-refractivity contribution >= 4 is 39.3 Å². The minimum Gasteiger partial charge on any atom is -0.462 e. The number of halogens is 2. The van der Waals surface area contributed by atoms with Gasteiger partial charge in [0, 0.05) is 18.5 Å². The first-order valence-electron chi connectivity index (χ1n) is 8.20. The van der Waals surface area contributed by atoms with E-state index in [9.17, 15) is 9.59 Å². The zero-order valence-electron chi connectivity index (χ0n) is 13.6. The summed E-state index contributed by atoms with van der Waals surface area (Å²) in [6, 6.07) is -0.150. The van der Waals surface area contributed by atoms with E-state index >= 15 is 0 Å². The molecule has 0 bridgehead atoms. The predicted molar refractivity (Wildman–Crippen MR) is 92.0 cm³/mol. The van der Waals surface area contributed by atoms with Crippen molar-refractivity contribution in [3.8, 4) is 0 Å². The van der Waals surface area contributed by atoms with Crippen molar-refractivity contribution < 1.29 is 19.1 Å². The van der Waals surface area contributed by atoms with Crippen LogP contribution in [-0.4, -0.2) is 52.3 Å². The summed E-state index contributed by atoms with van der Waals surface area (Å²) in [5.74, 6) is -0.476. The van der Waals surface area contributed by atoms with Crippen molar-refractivity contribution in [3.05, 3.63) is 27.1 Å². The summed E-state index contributed by atoms with van der Waals surface area (Å²) in [4.78, 5) is 26.8. The molecule has 1 saturated heterocycles. The highest BCUT2D eigenvalue weighted by atomic mass is 79.9. The fourth-order valence-corrected chi connectivity index (χ4v) is 4.32. The van der Waals surface area contributed by atoms with Crippen LogP contribution >= 0.6 is 27.5 Å². The molecule has 134 valence electrons. The number of rotatable bonds is 3. The Morgan fingerprint density at radius 1 is 1.52 bits per heavy atom. The van der Waals surface area contributed by atoms with Gasteiger partial charge in [0.1, 0.15) is 10.2 Å². The number of ketones is 1. The van der Waals surface area contributed by atoms with E-state index < -0.39 is 5.97 Å². The molecule has 4 heterocycles. The zero-order chi connectivity index (χ0) is 17.7.